The van der Waals surface area contributed by atoms with E-state index in [-0.39, 0.29) is 5.56 Å². The molecule has 0 amide bonds. The van der Waals surface area contributed by atoms with Crippen LogP contribution in [0.3, 0.4) is 0 Å². The van der Waals surface area contributed by atoms with Crippen molar-refractivity contribution in [3.05, 3.63) is 76.7 Å². The van der Waals surface area contributed by atoms with E-state index in [1.165, 1.54) is 0 Å². The molecular weight excluding hydrogens is 340 g/mol. The molecular formula is C20H20N6O. The van der Waals surface area contributed by atoms with Gasteiger partial charge in [-0.05, 0) is 43.7 Å². The number of aromatic nitrogens is 5. The Labute approximate surface area is 155 Å². The van der Waals surface area contributed by atoms with E-state index in [2.05, 4.69) is 24.5 Å². The lowest BCUT2D eigenvalue weighted by Gasteiger charge is -2.31. The monoisotopic (exact) mass is 360 g/mol. The molecule has 27 heavy (non-hydrogen) atoms. The molecule has 0 aromatic carbocycles. The first kappa shape index (κ1) is 16.1. The molecule has 0 unspecified atom stereocenters. The lowest BCUT2D eigenvalue weighted by molar-refractivity contribution is 0.194. The summed E-state index contributed by atoms with van der Waals surface area (Å²) in [4.78, 5) is 19.3. The number of rotatable bonds is 3. The highest BCUT2D eigenvalue weighted by Crippen LogP contribution is 2.26. The van der Waals surface area contributed by atoms with Crippen LogP contribution in [-0.2, 0) is 6.54 Å². The Morgan fingerprint density at radius 2 is 1.81 bits per heavy atom. The zero-order valence-electron chi connectivity index (χ0n) is 14.9. The zero-order chi connectivity index (χ0) is 18.2. The second-order valence-corrected chi connectivity index (χ2v) is 7.08. The molecule has 1 aliphatic heterocycles. The SMILES string of the molecule is O=c1cc(CN2CCC[C@@H](c3nnc4ccccn34)C2)nc2ccccn12. The van der Waals surface area contributed by atoms with Gasteiger partial charge < -0.3 is 0 Å². The fourth-order valence-electron chi connectivity index (χ4n) is 3.96. The van der Waals surface area contributed by atoms with Crippen molar-refractivity contribution in [2.45, 2.75) is 25.3 Å². The Balaban J connectivity index is 1.39. The van der Waals surface area contributed by atoms with Crippen molar-refractivity contribution in [3.63, 3.8) is 0 Å². The molecule has 136 valence electrons. The summed E-state index contributed by atoms with van der Waals surface area (Å²) in [7, 11) is 0. The topological polar surface area (TPSA) is 67.8 Å². The highest BCUT2D eigenvalue weighted by atomic mass is 16.1. The second kappa shape index (κ2) is 6.59. The molecule has 1 aliphatic rings. The maximum absolute atomic E-state index is 12.3. The predicted molar refractivity (Wildman–Crippen MR) is 102 cm³/mol. The predicted octanol–water partition coefficient (Wildman–Crippen LogP) is 2.12. The Morgan fingerprint density at radius 3 is 2.70 bits per heavy atom. The van der Waals surface area contributed by atoms with Gasteiger partial charge in [-0.3, -0.25) is 18.5 Å². The molecule has 7 heteroatoms. The van der Waals surface area contributed by atoms with E-state index >= 15 is 0 Å². The van der Waals surface area contributed by atoms with Crippen LogP contribution < -0.4 is 5.56 Å². The molecule has 0 N–H and O–H groups in total. The Morgan fingerprint density at radius 1 is 1.00 bits per heavy atom. The fourth-order valence-corrected chi connectivity index (χ4v) is 3.96. The van der Waals surface area contributed by atoms with Gasteiger partial charge in [0.25, 0.3) is 5.56 Å². The van der Waals surface area contributed by atoms with Crippen molar-refractivity contribution in [3.8, 4) is 0 Å². The number of pyridine rings is 2. The molecule has 0 bridgehead atoms. The average Bonchev–Trinajstić information content (AvgIpc) is 3.12. The maximum Gasteiger partial charge on any atom is 0.258 e. The quantitative estimate of drug-likeness (QED) is 0.560. The minimum Gasteiger partial charge on any atom is -0.297 e. The second-order valence-electron chi connectivity index (χ2n) is 7.08. The van der Waals surface area contributed by atoms with Gasteiger partial charge in [0.05, 0.1) is 5.69 Å². The number of nitrogens with zero attached hydrogens (tertiary/aromatic N) is 6. The minimum absolute atomic E-state index is 0.0346. The molecule has 4 aromatic heterocycles. The zero-order valence-corrected chi connectivity index (χ0v) is 14.9. The van der Waals surface area contributed by atoms with Crippen LogP contribution in [0.1, 0.15) is 30.3 Å². The molecule has 0 radical (unpaired) electrons. The fraction of sp³-hybridized carbons (Fsp3) is 0.300. The van der Waals surface area contributed by atoms with Gasteiger partial charge in [0.15, 0.2) is 5.65 Å². The lowest BCUT2D eigenvalue weighted by Crippen LogP contribution is -2.35. The van der Waals surface area contributed by atoms with Crippen LogP contribution in [0.15, 0.2) is 59.7 Å². The van der Waals surface area contributed by atoms with Gasteiger partial charge in [-0.25, -0.2) is 4.98 Å². The highest BCUT2D eigenvalue weighted by Gasteiger charge is 2.25. The summed E-state index contributed by atoms with van der Waals surface area (Å²) in [5, 5.41) is 8.72. The van der Waals surface area contributed by atoms with E-state index in [0.29, 0.717) is 18.1 Å². The number of likely N-dealkylation sites (tertiary alicyclic amines) is 1. The van der Waals surface area contributed by atoms with Gasteiger partial charge in [0.1, 0.15) is 11.5 Å². The van der Waals surface area contributed by atoms with Crippen LogP contribution in [0.25, 0.3) is 11.3 Å². The van der Waals surface area contributed by atoms with Crippen LogP contribution >= 0.6 is 0 Å². The highest BCUT2D eigenvalue weighted by molar-refractivity contribution is 5.38. The number of fused-ring (bicyclic) bond motifs is 2. The molecule has 0 aliphatic carbocycles. The van der Waals surface area contributed by atoms with Crippen molar-refractivity contribution >= 4 is 11.3 Å². The third kappa shape index (κ3) is 3.00. The van der Waals surface area contributed by atoms with Crippen LogP contribution in [0.4, 0.5) is 0 Å². The molecule has 5 rings (SSSR count). The standard InChI is InChI=1S/C20H20N6O/c27-19-12-16(21-17-7-1-3-10-25(17)19)14-24-9-5-6-15(13-24)20-23-22-18-8-2-4-11-26(18)20/h1-4,7-8,10-12,15H,5-6,9,13-14H2/t15-/m1/s1. The summed E-state index contributed by atoms with van der Waals surface area (Å²) in [6.45, 7) is 2.57. The van der Waals surface area contributed by atoms with Gasteiger partial charge in [-0.2, -0.15) is 0 Å². The first-order chi connectivity index (χ1) is 13.3. The molecule has 0 spiro atoms. The van der Waals surface area contributed by atoms with Crippen molar-refractivity contribution < 1.29 is 0 Å². The van der Waals surface area contributed by atoms with Crippen LogP contribution in [0, 0.1) is 0 Å². The van der Waals surface area contributed by atoms with Crippen molar-refractivity contribution in [1.29, 1.82) is 0 Å². The molecule has 0 saturated carbocycles. The number of hydrogen-bond donors (Lipinski definition) is 0. The smallest absolute Gasteiger partial charge is 0.258 e. The summed E-state index contributed by atoms with van der Waals surface area (Å²) in [5.74, 6) is 1.35. The molecule has 4 aromatic rings. The van der Waals surface area contributed by atoms with Crippen molar-refractivity contribution in [2.75, 3.05) is 13.1 Å². The van der Waals surface area contributed by atoms with Crippen molar-refractivity contribution in [1.82, 2.24) is 28.9 Å². The minimum atomic E-state index is -0.0346. The summed E-state index contributed by atoms with van der Waals surface area (Å²) >= 11 is 0. The first-order valence-electron chi connectivity index (χ1n) is 9.27. The molecule has 7 nitrogen and oxygen atoms in total. The van der Waals surface area contributed by atoms with E-state index in [1.807, 2.05) is 42.6 Å². The third-order valence-electron chi connectivity index (χ3n) is 5.22. The summed E-state index contributed by atoms with van der Waals surface area (Å²) in [5.41, 5.74) is 2.36. The lowest BCUT2D eigenvalue weighted by atomic mass is 9.97. The molecule has 1 fully saturated rings. The summed E-state index contributed by atoms with van der Waals surface area (Å²) < 4.78 is 3.65. The third-order valence-corrected chi connectivity index (χ3v) is 5.22. The Bertz CT molecular complexity index is 1160. The number of piperidine rings is 1. The van der Waals surface area contributed by atoms with E-state index < -0.39 is 0 Å². The number of hydrogen-bond acceptors (Lipinski definition) is 5. The average molecular weight is 360 g/mol. The van der Waals surface area contributed by atoms with E-state index in [0.717, 1.165) is 43.1 Å². The Hall–Kier alpha value is -3.06. The normalized spacial score (nSPS) is 18.3. The van der Waals surface area contributed by atoms with E-state index in [9.17, 15) is 4.79 Å². The van der Waals surface area contributed by atoms with Crippen LogP contribution in [-0.4, -0.2) is 42.0 Å². The van der Waals surface area contributed by atoms with Gasteiger partial charge in [0.2, 0.25) is 0 Å². The summed E-state index contributed by atoms with van der Waals surface area (Å²) in [6, 6.07) is 13.2. The molecule has 5 heterocycles. The van der Waals surface area contributed by atoms with Gasteiger partial charge in [-0.15, -0.1) is 10.2 Å². The largest absolute Gasteiger partial charge is 0.297 e. The van der Waals surface area contributed by atoms with Crippen molar-refractivity contribution in [2.24, 2.45) is 0 Å². The van der Waals surface area contributed by atoms with E-state index in [4.69, 9.17) is 0 Å². The maximum atomic E-state index is 12.3. The Kier molecular flexibility index (Phi) is 3.94. The van der Waals surface area contributed by atoms with Gasteiger partial charge >= 0.3 is 0 Å². The van der Waals surface area contributed by atoms with Gasteiger partial charge in [-0.1, -0.05) is 12.1 Å². The summed E-state index contributed by atoms with van der Waals surface area (Å²) in [6.07, 6.45) is 5.97. The van der Waals surface area contributed by atoms with E-state index in [1.54, 1.807) is 16.7 Å². The first-order valence-corrected chi connectivity index (χ1v) is 9.27. The molecule has 1 saturated heterocycles. The van der Waals surface area contributed by atoms with Gasteiger partial charge in [0, 0.05) is 37.5 Å². The molecule has 1 atom stereocenters. The van der Waals surface area contributed by atoms with Crippen LogP contribution in [0.5, 0.6) is 0 Å². The van der Waals surface area contributed by atoms with Crippen LogP contribution in [0.2, 0.25) is 0 Å².